The van der Waals surface area contributed by atoms with E-state index in [2.05, 4.69) is 21.8 Å². The van der Waals surface area contributed by atoms with Crippen molar-refractivity contribution in [2.24, 2.45) is 4.99 Å². The molecular weight excluding hydrogens is 270 g/mol. The highest BCUT2D eigenvalue weighted by Crippen LogP contribution is 2.27. The fraction of sp³-hybridized carbons (Fsp3) is 0.643. The first kappa shape index (κ1) is 13.9. The number of hydrogen-bond acceptors (Lipinski definition) is 5. The molecule has 7 nitrogen and oxygen atoms in total. The summed E-state index contributed by atoms with van der Waals surface area (Å²) in [5.74, 6) is 0.546. The first-order chi connectivity index (χ1) is 9.99. The maximum atomic E-state index is 12.3. The molecule has 2 fully saturated rings. The van der Waals surface area contributed by atoms with Gasteiger partial charge in [-0.25, -0.2) is 9.79 Å². The standard InChI is InChI=1S/C14H21N5O2/c1-9(2)8-19-10-11(17(3)14(21)16-12(10)20)15-13(19)18-6-4-5-7-18/h10-11H,1,4-8H2,2-3H3,(H,16,20,21). The molecule has 0 spiro atoms. The van der Waals surface area contributed by atoms with Crippen molar-refractivity contribution in [1.82, 2.24) is 20.0 Å². The van der Waals surface area contributed by atoms with Crippen molar-refractivity contribution in [2.45, 2.75) is 32.0 Å². The van der Waals surface area contributed by atoms with Gasteiger partial charge >= 0.3 is 6.03 Å². The molecule has 0 aromatic heterocycles. The fourth-order valence-corrected chi connectivity index (χ4v) is 3.15. The number of carbonyl (C=O) groups is 2. The molecule has 0 aromatic carbocycles. The van der Waals surface area contributed by atoms with Crippen LogP contribution >= 0.6 is 0 Å². The van der Waals surface area contributed by atoms with E-state index in [-0.39, 0.29) is 11.9 Å². The van der Waals surface area contributed by atoms with Crippen molar-refractivity contribution in [2.75, 3.05) is 26.7 Å². The van der Waals surface area contributed by atoms with Gasteiger partial charge in [-0.3, -0.25) is 10.1 Å². The van der Waals surface area contributed by atoms with Crippen LogP contribution in [0.3, 0.4) is 0 Å². The minimum atomic E-state index is -0.458. The van der Waals surface area contributed by atoms with E-state index < -0.39 is 12.2 Å². The lowest BCUT2D eigenvalue weighted by Gasteiger charge is -2.37. The van der Waals surface area contributed by atoms with Gasteiger partial charge in [-0.2, -0.15) is 0 Å². The third-order valence-corrected chi connectivity index (χ3v) is 4.17. The van der Waals surface area contributed by atoms with Crippen molar-refractivity contribution in [3.8, 4) is 0 Å². The van der Waals surface area contributed by atoms with Gasteiger partial charge in [0.05, 0.1) is 0 Å². The first-order valence-electron chi connectivity index (χ1n) is 7.30. The number of rotatable bonds is 2. The van der Waals surface area contributed by atoms with Crippen molar-refractivity contribution < 1.29 is 9.59 Å². The summed E-state index contributed by atoms with van der Waals surface area (Å²) in [7, 11) is 1.68. The first-order valence-corrected chi connectivity index (χ1v) is 7.30. The van der Waals surface area contributed by atoms with Crippen LogP contribution in [0.1, 0.15) is 19.8 Å². The Hall–Kier alpha value is -2.05. The smallest absolute Gasteiger partial charge is 0.325 e. The number of fused-ring (bicyclic) bond motifs is 1. The lowest BCUT2D eigenvalue weighted by molar-refractivity contribution is -0.127. The summed E-state index contributed by atoms with van der Waals surface area (Å²) in [6.45, 7) is 8.36. The largest absolute Gasteiger partial charge is 0.343 e. The third kappa shape index (κ3) is 2.26. The summed E-state index contributed by atoms with van der Waals surface area (Å²) < 4.78 is 0. The molecule has 114 valence electrons. The molecule has 1 N–H and O–H groups in total. The molecule has 2 saturated heterocycles. The molecule has 21 heavy (non-hydrogen) atoms. The zero-order valence-corrected chi connectivity index (χ0v) is 12.5. The van der Waals surface area contributed by atoms with E-state index in [0.717, 1.165) is 37.5 Å². The van der Waals surface area contributed by atoms with Crippen LogP contribution in [-0.2, 0) is 4.79 Å². The van der Waals surface area contributed by atoms with Gasteiger partial charge in [-0.1, -0.05) is 12.2 Å². The lowest BCUT2D eigenvalue weighted by Crippen LogP contribution is -2.64. The second kappa shape index (κ2) is 5.05. The minimum absolute atomic E-state index is 0.276. The van der Waals surface area contributed by atoms with Crippen molar-refractivity contribution in [3.05, 3.63) is 12.2 Å². The highest BCUT2D eigenvalue weighted by atomic mass is 16.2. The Labute approximate surface area is 124 Å². The SMILES string of the molecule is C=C(C)CN1C(N2CCCC2)=NC2C1C(=O)NC(=O)N2C. The maximum Gasteiger partial charge on any atom is 0.325 e. The quantitative estimate of drug-likeness (QED) is 0.738. The summed E-state index contributed by atoms with van der Waals surface area (Å²) in [4.78, 5) is 34.4. The normalized spacial score (nSPS) is 28.7. The monoisotopic (exact) mass is 291 g/mol. The van der Waals surface area contributed by atoms with Crippen LogP contribution in [-0.4, -0.2) is 71.5 Å². The van der Waals surface area contributed by atoms with Crippen LogP contribution in [0.4, 0.5) is 4.79 Å². The Balaban J connectivity index is 1.94. The van der Waals surface area contributed by atoms with E-state index >= 15 is 0 Å². The number of carbonyl (C=O) groups excluding carboxylic acids is 2. The number of amides is 3. The minimum Gasteiger partial charge on any atom is -0.343 e. The van der Waals surface area contributed by atoms with E-state index in [9.17, 15) is 9.59 Å². The molecule has 7 heteroatoms. The average Bonchev–Trinajstić information content (AvgIpc) is 3.02. The Bertz CT molecular complexity index is 523. The van der Waals surface area contributed by atoms with Crippen molar-refractivity contribution in [3.63, 3.8) is 0 Å². The molecule has 0 saturated carbocycles. The molecule has 3 heterocycles. The van der Waals surface area contributed by atoms with Gasteiger partial charge in [0.25, 0.3) is 5.91 Å². The molecule has 0 radical (unpaired) electrons. The second-order valence-corrected chi connectivity index (χ2v) is 5.97. The van der Waals surface area contributed by atoms with Crippen molar-refractivity contribution in [1.29, 1.82) is 0 Å². The van der Waals surface area contributed by atoms with E-state index in [1.54, 1.807) is 7.05 Å². The van der Waals surface area contributed by atoms with Crippen LogP contribution in [0.2, 0.25) is 0 Å². The predicted octanol–water partition coefficient (Wildman–Crippen LogP) is 0.206. The summed E-state index contributed by atoms with van der Waals surface area (Å²) in [5.41, 5.74) is 0.968. The van der Waals surface area contributed by atoms with Gasteiger partial charge in [0, 0.05) is 26.7 Å². The molecule has 2 atom stereocenters. The predicted molar refractivity (Wildman–Crippen MR) is 78.6 cm³/mol. The Morgan fingerprint density at radius 1 is 1.38 bits per heavy atom. The molecule has 3 rings (SSSR count). The summed E-state index contributed by atoms with van der Waals surface area (Å²) >= 11 is 0. The third-order valence-electron chi connectivity index (χ3n) is 4.17. The number of likely N-dealkylation sites (N-methyl/N-ethyl adjacent to an activating group) is 1. The molecule has 3 amide bonds. The highest BCUT2D eigenvalue weighted by Gasteiger charge is 2.49. The zero-order chi connectivity index (χ0) is 15.1. The van der Waals surface area contributed by atoms with Gasteiger partial charge in [0.15, 0.2) is 18.2 Å². The van der Waals surface area contributed by atoms with Gasteiger partial charge in [-0.15, -0.1) is 0 Å². The number of nitrogens with zero attached hydrogens (tertiary/aromatic N) is 4. The number of urea groups is 1. The van der Waals surface area contributed by atoms with Crippen LogP contribution < -0.4 is 5.32 Å². The highest BCUT2D eigenvalue weighted by molar-refractivity contribution is 6.03. The number of aliphatic imine (C=N–C) groups is 1. The van der Waals surface area contributed by atoms with Gasteiger partial charge in [-0.05, 0) is 19.8 Å². The average molecular weight is 291 g/mol. The number of likely N-dealkylation sites (tertiary alicyclic amines) is 1. The number of hydrogen-bond donors (Lipinski definition) is 1. The summed E-state index contributed by atoms with van der Waals surface area (Å²) in [6.07, 6.45) is 1.83. The van der Waals surface area contributed by atoms with Crippen LogP contribution in [0.5, 0.6) is 0 Å². The molecular formula is C14H21N5O2. The van der Waals surface area contributed by atoms with Crippen LogP contribution in [0, 0.1) is 0 Å². The molecule has 0 aliphatic carbocycles. The zero-order valence-electron chi connectivity index (χ0n) is 12.5. The number of imide groups is 1. The van der Waals surface area contributed by atoms with Crippen LogP contribution in [0.15, 0.2) is 17.1 Å². The Kier molecular flexibility index (Phi) is 3.35. The Morgan fingerprint density at radius 2 is 2.05 bits per heavy atom. The molecule has 0 bridgehead atoms. The topological polar surface area (TPSA) is 68.2 Å². The van der Waals surface area contributed by atoms with E-state index in [0.29, 0.717) is 6.54 Å². The van der Waals surface area contributed by atoms with E-state index in [1.165, 1.54) is 4.90 Å². The lowest BCUT2D eigenvalue weighted by atomic mass is 10.1. The Morgan fingerprint density at radius 3 is 2.67 bits per heavy atom. The van der Waals surface area contributed by atoms with E-state index in [4.69, 9.17) is 0 Å². The molecule has 0 aromatic rings. The molecule has 2 unspecified atom stereocenters. The molecule has 3 aliphatic heterocycles. The number of nitrogens with one attached hydrogen (secondary N) is 1. The van der Waals surface area contributed by atoms with E-state index in [1.807, 2.05) is 11.8 Å². The fourth-order valence-electron chi connectivity index (χ4n) is 3.15. The van der Waals surface area contributed by atoms with Gasteiger partial charge < -0.3 is 14.7 Å². The van der Waals surface area contributed by atoms with Crippen LogP contribution in [0.25, 0.3) is 0 Å². The van der Waals surface area contributed by atoms with Gasteiger partial charge in [0.1, 0.15) is 0 Å². The maximum absolute atomic E-state index is 12.3. The summed E-state index contributed by atoms with van der Waals surface area (Å²) in [5, 5.41) is 2.40. The second-order valence-electron chi connectivity index (χ2n) is 5.97. The number of guanidine groups is 1. The van der Waals surface area contributed by atoms with Gasteiger partial charge in [0.2, 0.25) is 0 Å². The van der Waals surface area contributed by atoms with Crippen molar-refractivity contribution >= 4 is 17.9 Å². The molecule has 3 aliphatic rings. The summed E-state index contributed by atoms with van der Waals surface area (Å²) in [6, 6.07) is -0.844.